The van der Waals surface area contributed by atoms with Crippen molar-refractivity contribution in [2.75, 3.05) is 13.7 Å². The Bertz CT molecular complexity index is 1590. The van der Waals surface area contributed by atoms with Crippen LogP contribution < -0.4 is 18.9 Å². The summed E-state index contributed by atoms with van der Waals surface area (Å²) in [4.78, 5) is 25.6. The van der Waals surface area contributed by atoms with Gasteiger partial charge >= 0.3 is 5.97 Å². The molecule has 2 aliphatic rings. The molecule has 0 amide bonds. The Hall–Kier alpha value is -4.64. The van der Waals surface area contributed by atoms with Crippen molar-refractivity contribution < 1.29 is 53.7 Å². The van der Waals surface area contributed by atoms with Crippen LogP contribution in [0.15, 0.2) is 48.5 Å². The Morgan fingerprint density at radius 1 is 0.750 bits per heavy atom. The number of esters is 1. The van der Waals surface area contributed by atoms with E-state index in [1.54, 1.807) is 30.3 Å². The molecule has 0 bridgehead atoms. The van der Waals surface area contributed by atoms with Crippen LogP contribution in [0.1, 0.15) is 105 Å². The predicted molar refractivity (Wildman–Crippen MR) is 175 cm³/mol. The van der Waals surface area contributed by atoms with Gasteiger partial charge in [-0.2, -0.15) is 0 Å². The van der Waals surface area contributed by atoms with E-state index in [-0.39, 0.29) is 46.9 Å². The van der Waals surface area contributed by atoms with Gasteiger partial charge in [0, 0.05) is 24.1 Å². The molecule has 48 heavy (non-hydrogen) atoms. The van der Waals surface area contributed by atoms with Gasteiger partial charge in [-0.15, -0.1) is 0 Å². The first-order chi connectivity index (χ1) is 23.2. The number of hydrogen-bond donors (Lipinski definition) is 4. The number of benzene rings is 3. The Morgan fingerprint density at radius 2 is 1.42 bits per heavy atom. The lowest BCUT2D eigenvalue weighted by Gasteiger charge is -2.35. The molecular weight excluding hydrogens is 620 g/mol. The number of ketones is 1. The average Bonchev–Trinajstić information content (AvgIpc) is 3.07. The van der Waals surface area contributed by atoms with Gasteiger partial charge in [-0.1, -0.05) is 70.4 Å². The second-order valence-corrected chi connectivity index (χ2v) is 12.3. The molecule has 2 unspecified atom stereocenters. The van der Waals surface area contributed by atoms with Crippen LogP contribution in [0.25, 0.3) is 0 Å². The van der Waals surface area contributed by atoms with E-state index in [4.69, 9.17) is 23.7 Å². The molecule has 0 saturated heterocycles. The van der Waals surface area contributed by atoms with Gasteiger partial charge in [0.1, 0.15) is 29.4 Å². The van der Waals surface area contributed by atoms with Gasteiger partial charge in [-0.05, 0) is 36.2 Å². The third-order valence-electron chi connectivity index (χ3n) is 8.71. The molecule has 0 saturated carbocycles. The maximum Gasteiger partial charge on any atom is 0.305 e. The SMILES string of the molecule is CCCCCCCCCCCC(=O)OCC1Oc2ccc([C@H]3Oc4cc(O)cc(O)c4C(=O)[C@@H]3O)cc2OC1c1ccc(O)c(OC)c1. The lowest BCUT2D eigenvalue weighted by molar-refractivity contribution is -0.148. The standard InChI is InChI=1S/C37H44O11/c1-3-4-5-6-7-8-9-10-11-12-32(41)45-21-31-36(22-13-15-25(39)28(17-22)44-2)47-29-18-23(14-16-27(29)46-31)37-35(43)34(42)33-26(40)19-24(38)20-30(33)48-37/h13-20,31,35-40,43H,3-12,21H2,1-2H3/t31?,35-,36?,37+/m0/s1. The van der Waals surface area contributed by atoms with E-state index in [0.717, 1.165) is 25.3 Å². The van der Waals surface area contributed by atoms with Crippen LogP contribution in [-0.2, 0) is 9.53 Å². The second-order valence-electron chi connectivity index (χ2n) is 12.3. The lowest BCUT2D eigenvalue weighted by Crippen LogP contribution is -2.38. The monoisotopic (exact) mass is 664 g/mol. The van der Waals surface area contributed by atoms with Gasteiger partial charge in [0.2, 0.25) is 5.78 Å². The first kappa shape index (κ1) is 34.7. The third kappa shape index (κ3) is 8.07. The number of unbranched alkanes of at least 4 members (excludes halogenated alkanes) is 8. The summed E-state index contributed by atoms with van der Waals surface area (Å²) in [5, 5.41) is 41.1. The Kier molecular flexibility index (Phi) is 11.5. The zero-order valence-corrected chi connectivity index (χ0v) is 27.4. The number of aromatic hydroxyl groups is 3. The van der Waals surface area contributed by atoms with Crippen molar-refractivity contribution in [3.8, 4) is 40.2 Å². The van der Waals surface area contributed by atoms with Crippen molar-refractivity contribution in [1.82, 2.24) is 0 Å². The van der Waals surface area contributed by atoms with Gasteiger partial charge in [-0.25, -0.2) is 0 Å². The van der Waals surface area contributed by atoms with Crippen LogP contribution >= 0.6 is 0 Å². The van der Waals surface area contributed by atoms with Crippen LogP contribution in [0.5, 0.6) is 40.2 Å². The summed E-state index contributed by atoms with van der Waals surface area (Å²) in [6.45, 7) is 2.12. The number of hydrogen-bond acceptors (Lipinski definition) is 11. The van der Waals surface area contributed by atoms with Crippen molar-refractivity contribution in [2.24, 2.45) is 0 Å². The minimum absolute atomic E-state index is 0.0601. The van der Waals surface area contributed by atoms with Crippen molar-refractivity contribution in [3.63, 3.8) is 0 Å². The number of Topliss-reactive ketones (excluding diaryl/α,β-unsaturated/α-hetero) is 1. The van der Waals surface area contributed by atoms with E-state index in [9.17, 15) is 30.0 Å². The lowest BCUT2D eigenvalue weighted by atomic mass is 9.92. The number of aliphatic hydroxyl groups is 1. The number of carbonyl (C=O) groups excluding carboxylic acids is 2. The number of phenols is 3. The van der Waals surface area contributed by atoms with E-state index in [1.807, 2.05) is 0 Å². The summed E-state index contributed by atoms with van der Waals surface area (Å²) in [6, 6.07) is 11.7. The van der Waals surface area contributed by atoms with Crippen molar-refractivity contribution >= 4 is 11.8 Å². The number of rotatable bonds is 15. The molecule has 0 aromatic heterocycles. The summed E-state index contributed by atoms with van der Waals surface area (Å²) in [5.74, 6) is -1.18. The first-order valence-electron chi connectivity index (χ1n) is 16.6. The summed E-state index contributed by atoms with van der Waals surface area (Å²) in [7, 11) is 1.43. The van der Waals surface area contributed by atoms with Crippen LogP contribution in [0.4, 0.5) is 0 Å². The van der Waals surface area contributed by atoms with Crippen molar-refractivity contribution in [2.45, 2.75) is 95.5 Å². The molecule has 2 heterocycles. The highest BCUT2D eigenvalue weighted by Crippen LogP contribution is 2.46. The second kappa shape index (κ2) is 16.0. The largest absolute Gasteiger partial charge is 0.508 e. The van der Waals surface area contributed by atoms with Crippen molar-refractivity contribution in [1.29, 1.82) is 0 Å². The molecule has 5 rings (SSSR count). The van der Waals surface area contributed by atoms with Gasteiger partial charge in [0.15, 0.2) is 47.4 Å². The molecular formula is C37H44O11. The highest BCUT2D eigenvalue weighted by atomic mass is 16.6. The molecule has 11 heteroatoms. The third-order valence-corrected chi connectivity index (χ3v) is 8.71. The molecule has 11 nitrogen and oxygen atoms in total. The number of ether oxygens (including phenoxy) is 5. The molecule has 0 aliphatic carbocycles. The number of methoxy groups -OCH3 is 1. The summed E-state index contributed by atoms with van der Waals surface area (Å²) in [6.07, 6.45) is 6.22. The Morgan fingerprint density at radius 3 is 2.15 bits per heavy atom. The number of phenolic OH excluding ortho intramolecular Hbond substituents is 3. The molecule has 0 fully saturated rings. The molecule has 2 aliphatic heterocycles. The first-order valence-corrected chi connectivity index (χ1v) is 16.6. The quantitative estimate of drug-likeness (QED) is 0.0995. The fourth-order valence-corrected chi connectivity index (χ4v) is 6.10. The summed E-state index contributed by atoms with van der Waals surface area (Å²) >= 11 is 0. The topological polar surface area (TPSA) is 161 Å². The van der Waals surface area contributed by atoms with E-state index in [2.05, 4.69) is 6.92 Å². The normalized spacial score (nSPS) is 19.7. The van der Waals surface area contributed by atoms with Crippen LogP contribution in [-0.4, -0.2) is 58.1 Å². The Labute approximate surface area is 280 Å². The average molecular weight is 665 g/mol. The zero-order valence-electron chi connectivity index (χ0n) is 27.4. The predicted octanol–water partition coefficient (Wildman–Crippen LogP) is 6.83. The molecule has 0 spiro atoms. The maximum absolute atomic E-state index is 13.0. The van der Waals surface area contributed by atoms with Crippen molar-refractivity contribution in [3.05, 3.63) is 65.2 Å². The van der Waals surface area contributed by atoms with Gasteiger partial charge < -0.3 is 44.1 Å². The molecule has 3 aromatic rings. The fourth-order valence-electron chi connectivity index (χ4n) is 6.10. The smallest absolute Gasteiger partial charge is 0.305 e. The van der Waals surface area contributed by atoms with E-state index >= 15 is 0 Å². The minimum Gasteiger partial charge on any atom is -0.508 e. The van der Waals surface area contributed by atoms with E-state index in [0.29, 0.717) is 23.3 Å². The number of carbonyl (C=O) groups is 2. The van der Waals surface area contributed by atoms with E-state index < -0.39 is 35.9 Å². The van der Waals surface area contributed by atoms with Crippen LogP contribution in [0, 0.1) is 0 Å². The maximum atomic E-state index is 13.0. The number of aliphatic hydroxyl groups excluding tert-OH is 1. The number of fused-ring (bicyclic) bond motifs is 2. The summed E-state index contributed by atoms with van der Waals surface area (Å²) < 4.78 is 29.5. The summed E-state index contributed by atoms with van der Waals surface area (Å²) in [5.41, 5.74) is 0.745. The van der Waals surface area contributed by atoms with Gasteiger partial charge in [-0.3, -0.25) is 9.59 Å². The molecule has 0 radical (unpaired) electrons. The molecule has 3 aromatic carbocycles. The Balaban J connectivity index is 1.28. The molecule has 4 atom stereocenters. The van der Waals surface area contributed by atoms with E-state index in [1.165, 1.54) is 57.8 Å². The van der Waals surface area contributed by atoms with Crippen LogP contribution in [0.2, 0.25) is 0 Å². The molecule has 4 N–H and O–H groups in total. The zero-order chi connectivity index (χ0) is 34.2. The molecule has 258 valence electrons. The van der Waals surface area contributed by atoms with Gasteiger partial charge in [0.05, 0.1) is 7.11 Å². The van der Waals surface area contributed by atoms with Crippen LogP contribution in [0.3, 0.4) is 0 Å². The fraction of sp³-hybridized carbons (Fsp3) is 0.459. The highest BCUT2D eigenvalue weighted by molar-refractivity contribution is 6.05. The van der Waals surface area contributed by atoms with Gasteiger partial charge in [0.25, 0.3) is 0 Å². The minimum atomic E-state index is -1.65. The highest BCUT2D eigenvalue weighted by Gasteiger charge is 2.41.